The van der Waals surface area contributed by atoms with E-state index in [4.69, 9.17) is 4.74 Å². The summed E-state index contributed by atoms with van der Waals surface area (Å²) in [7, 11) is 1.31. The number of nitrogens with one attached hydrogen (secondary N) is 1. The van der Waals surface area contributed by atoms with E-state index in [1.54, 1.807) is 18.5 Å². The van der Waals surface area contributed by atoms with Crippen molar-refractivity contribution in [2.75, 3.05) is 7.11 Å². The van der Waals surface area contributed by atoms with Crippen LogP contribution in [0.3, 0.4) is 0 Å². The van der Waals surface area contributed by atoms with Crippen LogP contribution < -0.4 is 14.8 Å². The van der Waals surface area contributed by atoms with Crippen molar-refractivity contribution in [3.8, 4) is 11.5 Å². The Bertz CT molecular complexity index is 666. The van der Waals surface area contributed by atoms with Gasteiger partial charge in [-0.2, -0.15) is 8.78 Å². The van der Waals surface area contributed by atoms with E-state index in [0.717, 1.165) is 5.56 Å². The third-order valence-electron chi connectivity index (χ3n) is 3.17. The maximum absolute atomic E-state index is 12.3. The summed E-state index contributed by atoms with van der Waals surface area (Å²) in [5.41, 5.74) is 1.13. The van der Waals surface area contributed by atoms with Crippen LogP contribution in [0, 0.1) is 0 Å². The number of halogens is 2. The number of alkyl halides is 2. The first kappa shape index (κ1) is 16.7. The largest absolute Gasteiger partial charge is 0.493 e. The molecule has 0 aliphatic rings. The van der Waals surface area contributed by atoms with Crippen LogP contribution in [-0.4, -0.2) is 24.6 Å². The molecule has 0 radical (unpaired) electrons. The summed E-state index contributed by atoms with van der Waals surface area (Å²) in [4.78, 5) is 16.2. The topological polar surface area (TPSA) is 60.5 Å². The van der Waals surface area contributed by atoms with E-state index < -0.39 is 6.61 Å². The van der Waals surface area contributed by atoms with E-state index in [1.807, 2.05) is 13.0 Å². The second-order valence-corrected chi connectivity index (χ2v) is 4.73. The van der Waals surface area contributed by atoms with Gasteiger partial charge in [-0.05, 0) is 36.8 Å². The van der Waals surface area contributed by atoms with Gasteiger partial charge in [0.25, 0.3) is 5.91 Å². The fraction of sp³-hybridized carbons (Fsp3) is 0.250. The van der Waals surface area contributed by atoms with Gasteiger partial charge in [-0.1, -0.05) is 6.07 Å². The smallest absolute Gasteiger partial charge is 0.387 e. The predicted molar refractivity (Wildman–Crippen MR) is 79.7 cm³/mol. The van der Waals surface area contributed by atoms with E-state index >= 15 is 0 Å². The summed E-state index contributed by atoms with van der Waals surface area (Å²) in [6.07, 6.45) is 3.30. The zero-order valence-electron chi connectivity index (χ0n) is 12.6. The summed E-state index contributed by atoms with van der Waals surface area (Å²) in [6.45, 7) is -1.14. The van der Waals surface area contributed by atoms with Crippen LogP contribution in [0.2, 0.25) is 0 Å². The molecule has 0 bridgehead atoms. The molecule has 0 saturated heterocycles. The van der Waals surface area contributed by atoms with Crippen LogP contribution in [-0.2, 0) is 0 Å². The van der Waals surface area contributed by atoms with Crippen molar-refractivity contribution in [2.45, 2.75) is 19.6 Å². The summed E-state index contributed by atoms with van der Waals surface area (Å²) in [6, 6.07) is 7.39. The van der Waals surface area contributed by atoms with Crippen LogP contribution >= 0.6 is 0 Å². The number of carbonyl (C=O) groups excluding carboxylic acids is 1. The Morgan fingerprint density at radius 1 is 1.26 bits per heavy atom. The molecule has 1 aromatic carbocycles. The molecular weight excluding hydrogens is 306 g/mol. The molecule has 1 amide bonds. The Labute approximate surface area is 132 Å². The van der Waals surface area contributed by atoms with Crippen molar-refractivity contribution in [2.24, 2.45) is 0 Å². The molecule has 0 saturated carbocycles. The highest BCUT2D eigenvalue weighted by molar-refractivity contribution is 5.95. The van der Waals surface area contributed by atoms with Crippen molar-refractivity contribution in [1.82, 2.24) is 10.3 Å². The third kappa shape index (κ3) is 4.38. The molecule has 2 rings (SSSR count). The number of amides is 1. The Morgan fingerprint density at radius 3 is 2.65 bits per heavy atom. The van der Waals surface area contributed by atoms with E-state index in [-0.39, 0.29) is 29.0 Å². The summed E-state index contributed by atoms with van der Waals surface area (Å²) >= 11 is 0. The molecule has 0 spiro atoms. The summed E-state index contributed by atoms with van der Waals surface area (Å²) in [5.74, 6) is -0.422. The van der Waals surface area contributed by atoms with Crippen LogP contribution in [0.5, 0.6) is 11.5 Å². The number of pyridine rings is 1. The first-order valence-electron chi connectivity index (χ1n) is 6.85. The number of hydrogen-bond acceptors (Lipinski definition) is 4. The minimum atomic E-state index is -2.96. The first-order chi connectivity index (χ1) is 11.0. The molecule has 122 valence electrons. The molecule has 2 aromatic rings. The van der Waals surface area contributed by atoms with Crippen molar-refractivity contribution in [1.29, 1.82) is 0 Å². The number of nitrogens with zero attached hydrogens (tertiary/aromatic N) is 1. The van der Waals surface area contributed by atoms with Gasteiger partial charge in [-0.3, -0.25) is 9.78 Å². The lowest BCUT2D eigenvalue weighted by Crippen LogP contribution is -2.26. The van der Waals surface area contributed by atoms with Gasteiger partial charge in [0.1, 0.15) is 0 Å². The van der Waals surface area contributed by atoms with Crippen LogP contribution in [0.15, 0.2) is 42.7 Å². The molecule has 0 aliphatic carbocycles. The van der Waals surface area contributed by atoms with Crippen LogP contribution in [0.25, 0.3) is 0 Å². The van der Waals surface area contributed by atoms with E-state index in [9.17, 15) is 13.6 Å². The molecule has 0 aliphatic heterocycles. The number of aromatic nitrogens is 1. The van der Waals surface area contributed by atoms with Gasteiger partial charge in [0, 0.05) is 18.0 Å². The lowest BCUT2D eigenvalue weighted by Gasteiger charge is -2.15. The molecule has 7 heteroatoms. The second kappa shape index (κ2) is 7.53. The quantitative estimate of drug-likeness (QED) is 0.887. The predicted octanol–water partition coefficient (Wildman–Crippen LogP) is 3.18. The fourth-order valence-corrected chi connectivity index (χ4v) is 2.00. The van der Waals surface area contributed by atoms with E-state index in [0.29, 0.717) is 0 Å². The highest BCUT2D eigenvalue weighted by Crippen LogP contribution is 2.29. The van der Waals surface area contributed by atoms with Gasteiger partial charge >= 0.3 is 6.61 Å². The monoisotopic (exact) mass is 322 g/mol. The zero-order valence-corrected chi connectivity index (χ0v) is 12.6. The van der Waals surface area contributed by atoms with Gasteiger partial charge in [-0.25, -0.2) is 0 Å². The Hall–Kier alpha value is -2.70. The molecule has 5 nitrogen and oxygen atoms in total. The fourth-order valence-electron chi connectivity index (χ4n) is 2.00. The Balaban J connectivity index is 2.13. The Morgan fingerprint density at radius 2 is 2.04 bits per heavy atom. The van der Waals surface area contributed by atoms with Gasteiger partial charge < -0.3 is 14.8 Å². The third-order valence-corrected chi connectivity index (χ3v) is 3.17. The SMILES string of the molecule is COc1cc(C(=O)NC(C)c2cccnc2)ccc1OC(F)F. The van der Waals surface area contributed by atoms with Crippen LogP contribution in [0.4, 0.5) is 8.78 Å². The average Bonchev–Trinajstić information content (AvgIpc) is 2.55. The molecule has 1 atom stereocenters. The van der Waals surface area contributed by atoms with Gasteiger partial charge in [0.15, 0.2) is 11.5 Å². The normalized spacial score (nSPS) is 11.9. The van der Waals surface area contributed by atoms with Crippen LogP contribution in [0.1, 0.15) is 28.9 Å². The van der Waals surface area contributed by atoms with Crippen molar-refractivity contribution >= 4 is 5.91 Å². The van der Waals surface area contributed by atoms with Gasteiger partial charge in [0.2, 0.25) is 0 Å². The second-order valence-electron chi connectivity index (χ2n) is 4.73. The first-order valence-corrected chi connectivity index (χ1v) is 6.85. The summed E-state index contributed by atoms with van der Waals surface area (Å²) in [5, 5.41) is 2.80. The average molecular weight is 322 g/mol. The minimum Gasteiger partial charge on any atom is -0.493 e. The number of rotatable bonds is 6. The standard InChI is InChI=1S/C16H16F2N2O3/c1-10(12-4-3-7-19-9-12)20-15(21)11-5-6-13(23-16(17)18)14(8-11)22-2/h3-10,16H,1-2H3,(H,20,21). The molecule has 1 aromatic heterocycles. The van der Waals surface area contributed by atoms with E-state index in [2.05, 4.69) is 15.0 Å². The number of ether oxygens (including phenoxy) is 2. The zero-order chi connectivity index (χ0) is 16.8. The highest BCUT2D eigenvalue weighted by atomic mass is 19.3. The Kier molecular flexibility index (Phi) is 5.46. The number of methoxy groups -OCH3 is 1. The number of carbonyl (C=O) groups is 1. The highest BCUT2D eigenvalue weighted by Gasteiger charge is 2.16. The van der Waals surface area contributed by atoms with Gasteiger partial charge in [-0.15, -0.1) is 0 Å². The van der Waals surface area contributed by atoms with Gasteiger partial charge in [0.05, 0.1) is 13.2 Å². The molecule has 0 fully saturated rings. The minimum absolute atomic E-state index is 0.0620. The molecular formula is C16H16F2N2O3. The molecule has 1 unspecified atom stereocenters. The maximum atomic E-state index is 12.3. The van der Waals surface area contributed by atoms with E-state index in [1.165, 1.54) is 25.3 Å². The molecule has 1 N–H and O–H groups in total. The summed E-state index contributed by atoms with van der Waals surface area (Å²) < 4.78 is 33.9. The number of benzene rings is 1. The van der Waals surface area contributed by atoms with Crippen molar-refractivity contribution in [3.63, 3.8) is 0 Å². The lowest BCUT2D eigenvalue weighted by atomic mass is 10.1. The maximum Gasteiger partial charge on any atom is 0.387 e. The molecule has 23 heavy (non-hydrogen) atoms. The van der Waals surface area contributed by atoms with Crippen molar-refractivity contribution in [3.05, 3.63) is 53.9 Å². The lowest BCUT2D eigenvalue weighted by molar-refractivity contribution is -0.0512. The number of hydrogen-bond donors (Lipinski definition) is 1. The molecule has 1 heterocycles. The van der Waals surface area contributed by atoms with Crippen molar-refractivity contribution < 1.29 is 23.0 Å².